The van der Waals surface area contributed by atoms with Gasteiger partial charge in [0.15, 0.2) is 0 Å². The van der Waals surface area contributed by atoms with Gasteiger partial charge in [-0.3, -0.25) is 24.1 Å². The normalized spacial score (nSPS) is 8.07. The van der Waals surface area contributed by atoms with Gasteiger partial charge in [0, 0.05) is 34.7 Å². The molecule has 0 atom stereocenters. The van der Waals surface area contributed by atoms with Crippen molar-refractivity contribution < 1.29 is 23.9 Å². The maximum atomic E-state index is 10.3. The Kier molecular flexibility index (Phi) is 8.04. The third-order valence-corrected chi connectivity index (χ3v) is 1.23. The molecule has 0 N–H and O–H groups in total. The summed E-state index contributed by atoms with van der Waals surface area (Å²) in [6.07, 6.45) is 0. The highest BCUT2D eigenvalue weighted by molar-refractivity contribution is 5.92. The number of hydrogen-bond donors (Lipinski definition) is 0. The summed E-state index contributed by atoms with van der Waals surface area (Å²) in [5.41, 5.74) is 0. The monoisotopic (exact) mass is 217 g/mol. The number of rotatable bonds is 0. The minimum atomic E-state index is -0.562. The molecule has 2 amide bonds. The van der Waals surface area contributed by atoms with Crippen LogP contribution in [0.1, 0.15) is 27.7 Å². The van der Waals surface area contributed by atoms with Crippen LogP contribution >= 0.6 is 0 Å². The predicted molar refractivity (Wildman–Crippen MR) is 51.6 cm³/mol. The Hall–Kier alpha value is -1.72. The topological polar surface area (TPSA) is 80.8 Å². The third-order valence-electron chi connectivity index (χ3n) is 1.23. The van der Waals surface area contributed by atoms with E-state index in [1.54, 1.807) is 0 Å². The SMILES string of the molecule is CC(=O)N(C)C(C)=O.CC(=O)OC(C)=O. The van der Waals surface area contributed by atoms with Crippen LogP contribution in [-0.2, 0) is 23.9 Å². The largest absolute Gasteiger partial charge is 0.394 e. The van der Waals surface area contributed by atoms with Gasteiger partial charge in [-0.05, 0) is 0 Å². The van der Waals surface area contributed by atoms with Crippen molar-refractivity contribution in [3.8, 4) is 0 Å². The molecule has 0 radical (unpaired) electrons. The van der Waals surface area contributed by atoms with Crippen LogP contribution in [0.15, 0.2) is 0 Å². The molecular weight excluding hydrogens is 202 g/mol. The molecule has 86 valence electrons. The number of imide groups is 1. The zero-order chi connectivity index (χ0) is 12.6. The van der Waals surface area contributed by atoms with Gasteiger partial charge in [0.1, 0.15) is 0 Å². The van der Waals surface area contributed by atoms with Gasteiger partial charge in [0.25, 0.3) is 0 Å². The summed E-state index contributed by atoms with van der Waals surface area (Å²) < 4.78 is 3.97. The van der Waals surface area contributed by atoms with Crippen molar-refractivity contribution in [3.05, 3.63) is 0 Å². The Balaban J connectivity index is 0. The molecule has 0 bridgehead atoms. The van der Waals surface area contributed by atoms with Gasteiger partial charge >= 0.3 is 11.9 Å². The summed E-state index contributed by atoms with van der Waals surface area (Å²) in [7, 11) is 1.45. The van der Waals surface area contributed by atoms with E-state index in [4.69, 9.17) is 0 Å². The van der Waals surface area contributed by atoms with Gasteiger partial charge in [0.2, 0.25) is 11.8 Å². The standard InChI is InChI=1S/C5H9NO2.C4H6O3/c1-4(7)6(3)5(2)8;1-3(5)7-4(2)6/h1-3H3;1-2H3. The van der Waals surface area contributed by atoms with E-state index < -0.39 is 11.9 Å². The molecule has 0 aromatic carbocycles. The Labute approximate surface area is 88.2 Å². The average Bonchev–Trinajstić information content (AvgIpc) is 2.00. The minimum Gasteiger partial charge on any atom is -0.394 e. The van der Waals surface area contributed by atoms with Gasteiger partial charge in [-0.15, -0.1) is 0 Å². The molecule has 0 saturated heterocycles. The first-order valence-electron chi connectivity index (χ1n) is 4.12. The Morgan fingerprint density at radius 2 is 1.07 bits per heavy atom. The molecule has 0 aliphatic heterocycles. The summed E-state index contributed by atoms with van der Waals surface area (Å²) >= 11 is 0. The van der Waals surface area contributed by atoms with E-state index in [9.17, 15) is 19.2 Å². The molecule has 0 unspecified atom stereocenters. The summed E-state index contributed by atoms with van der Waals surface area (Å²) in [6, 6.07) is 0. The fourth-order valence-electron chi connectivity index (χ4n) is 0.424. The second-order valence-electron chi connectivity index (χ2n) is 2.68. The molecule has 0 aliphatic carbocycles. The van der Waals surface area contributed by atoms with Crippen molar-refractivity contribution in [2.24, 2.45) is 0 Å². The number of carbonyl (C=O) groups excluding carboxylic acids is 4. The first-order valence-corrected chi connectivity index (χ1v) is 4.12. The van der Waals surface area contributed by atoms with Crippen molar-refractivity contribution in [1.29, 1.82) is 0 Å². The third kappa shape index (κ3) is 12.3. The molecule has 0 aliphatic rings. The number of carbonyl (C=O) groups is 4. The second-order valence-corrected chi connectivity index (χ2v) is 2.68. The van der Waals surface area contributed by atoms with Crippen molar-refractivity contribution in [1.82, 2.24) is 4.90 Å². The lowest BCUT2D eigenvalue weighted by atomic mass is 10.5. The first-order chi connectivity index (χ1) is 6.68. The van der Waals surface area contributed by atoms with Gasteiger partial charge < -0.3 is 4.74 Å². The predicted octanol–water partition coefficient (Wildman–Crippen LogP) is 0.107. The lowest BCUT2D eigenvalue weighted by molar-refractivity contribution is -0.156. The van der Waals surface area contributed by atoms with E-state index in [1.807, 2.05) is 0 Å². The summed E-state index contributed by atoms with van der Waals surface area (Å²) in [5, 5.41) is 0. The molecule has 0 spiro atoms. The summed E-state index contributed by atoms with van der Waals surface area (Å²) in [4.78, 5) is 41.3. The summed E-state index contributed by atoms with van der Waals surface area (Å²) in [5.74, 6) is -1.57. The highest BCUT2D eigenvalue weighted by Gasteiger charge is 2.04. The lowest BCUT2D eigenvalue weighted by Gasteiger charge is -2.07. The van der Waals surface area contributed by atoms with Crippen LogP contribution in [0, 0.1) is 0 Å². The number of nitrogens with zero attached hydrogens (tertiary/aromatic N) is 1. The van der Waals surface area contributed by atoms with E-state index in [0.717, 1.165) is 4.90 Å². The number of ether oxygens (including phenoxy) is 1. The smallest absolute Gasteiger partial charge is 0.310 e. The zero-order valence-corrected chi connectivity index (χ0v) is 9.49. The van der Waals surface area contributed by atoms with E-state index in [0.29, 0.717) is 0 Å². The van der Waals surface area contributed by atoms with E-state index in [1.165, 1.54) is 34.7 Å². The maximum Gasteiger partial charge on any atom is 0.310 e. The van der Waals surface area contributed by atoms with Gasteiger partial charge in [-0.1, -0.05) is 0 Å². The Morgan fingerprint density at radius 3 is 1.07 bits per heavy atom. The van der Waals surface area contributed by atoms with Crippen LogP contribution < -0.4 is 0 Å². The molecule has 0 saturated carbocycles. The van der Waals surface area contributed by atoms with E-state index in [2.05, 4.69) is 4.74 Å². The Bertz CT molecular complexity index is 246. The highest BCUT2D eigenvalue weighted by Crippen LogP contribution is 1.81. The van der Waals surface area contributed by atoms with Crippen LogP contribution in [0.4, 0.5) is 0 Å². The molecule has 0 aromatic rings. The van der Waals surface area contributed by atoms with E-state index in [-0.39, 0.29) is 11.8 Å². The van der Waals surface area contributed by atoms with Crippen molar-refractivity contribution in [2.75, 3.05) is 7.05 Å². The van der Waals surface area contributed by atoms with Crippen LogP contribution in [0.25, 0.3) is 0 Å². The molecule has 0 fully saturated rings. The fourth-order valence-corrected chi connectivity index (χ4v) is 0.424. The average molecular weight is 217 g/mol. The van der Waals surface area contributed by atoms with Crippen molar-refractivity contribution in [2.45, 2.75) is 27.7 Å². The van der Waals surface area contributed by atoms with Crippen LogP contribution in [0.2, 0.25) is 0 Å². The van der Waals surface area contributed by atoms with Crippen molar-refractivity contribution >= 4 is 23.8 Å². The van der Waals surface area contributed by atoms with E-state index >= 15 is 0 Å². The quantitative estimate of drug-likeness (QED) is 0.425. The van der Waals surface area contributed by atoms with Gasteiger partial charge in [0.05, 0.1) is 0 Å². The maximum absolute atomic E-state index is 10.3. The molecule has 15 heavy (non-hydrogen) atoms. The number of esters is 2. The molecular formula is C9H15NO5. The van der Waals surface area contributed by atoms with Crippen LogP contribution in [0.3, 0.4) is 0 Å². The van der Waals surface area contributed by atoms with Crippen LogP contribution in [-0.4, -0.2) is 35.7 Å². The summed E-state index contributed by atoms with van der Waals surface area (Å²) in [6.45, 7) is 5.06. The van der Waals surface area contributed by atoms with Crippen molar-refractivity contribution in [3.63, 3.8) is 0 Å². The molecule has 6 heteroatoms. The molecule has 0 aromatic heterocycles. The Morgan fingerprint density at radius 1 is 0.800 bits per heavy atom. The highest BCUT2D eigenvalue weighted by atomic mass is 16.6. The fraction of sp³-hybridized carbons (Fsp3) is 0.556. The number of hydrogen-bond acceptors (Lipinski definition) is 5. The first kappa shape index (κ1) is 15.7. The lowest BCUT2D eigenvalue weighted by Crippen LogP contribution is -2.28. The number of amides is 2. The minimum absolute atomic E-state index is 0.225. The molecule has 0 heterocycles. The molecule has 6 nitrogen and oxygen atoms in total. The second kappa shape index (κ2) is 7.66. The van der Waals surface area contributed by atoms with Gasteiger partial charge in [-0.25, -0.2) is 0 Å². The zero-order valence-electron chi connectivity index (χ0n) is 9.49. The molecule has 0 rings (SSSR count). The van der Waals surface area contributed by atoms with Gasteiger partial charge in [-0.2, -0.15) is 0 Å². The van der Waals surface area contributed by atoms with Crippen LogP contribution in [0.5, 0.6) is 0 Å².